The number of hydrogen-bond donors (Lipinski definition) is 1. The van der Waals surface area contributed by atoms with E-state index in [4.69, 9.17) is 5.73 Å². The van der Waals surface area contributed by atoms with E-state index in [1.165, 1.54) is 12.1 Å². The standard InChI is InChI=1S/C14H19FN2.ClH/c1-11-9-17(10-14(11)16)8-2-3-12-4-6-13(15)7-5-12;/h2-7,11,14H,8-10,16H2,1H3;1H/b3-2+;. The van der Waals surface area contributed by atoms with Gasteiger partial charge >= 0.3 is 0 Å². The van der Waals surface area contributed by atoms with E-state index in [0.717, 1.165) is 25.2 Å². The maximum atomic E-state index is 12.7. The Morgan fingerprint density at radius 2 is 2.00 bits per heavy atom. The van der Waals surface area contributed by atoms with Crippen LogP contribution in [0.2, 0.25) is 0 Å². The second-order valence-electron chi connectivity index (χ2n) is 4.81. The summed E-state index contributed by atoms with van der Waals surface area (Å²) in [6, 6.07) is 6.82. The van der Waals surface area contributed by atoms with Crippen LogP contribution in [0.4, 0.5) is 4.39 Å². The van der Waals surface area contributed by atoms with Crippen molar-refractivity contribution < 1.29 is 4.39 Å². The van der Waals surface area contributed by atoms with Crippen molar-refractivity contribution in [1.29, 1.82) is 0 Å². The Morgan fingerprint density at radius 3 is 2.56 bits per heavy atom. The third-order valence-corrected chi connectivity index (χ3v) is 3.29. The molecule has 2 atom stereocenters. The van der Waals surface area contributed by atoms with Gasteiger partial charge in [-0.25, -0.2) is 4.39 Å². The Balaban J connectivity index is 0.00000162. The van der Waals surface area contributed by atoms with Gasteiger partial charge in [-0.1, -0.05) is 31.2 Å². The summed E-state index contributed by atoms with van der Waals surface area (Å²) in [6.45, 7) is 5.13. The molecule has 0 amide bonds. The Kier molecular flexibility index (Phi) is 5.79. The number of benzene rings is 1. The summed E-state index contributed by atoms with van der Waals surface area (Å²) in [7, 11) is 0. The molecular weight excluding hydrogens is 251 g/mol. The topological polar surface area (TPSA) is 29.3 Å². The molecule has 1 heterocycles. The summed E-state index contributed by atoms with van der Waals surface area (Å²) in [5, 5.41) is 0. The van der Waals surface area contributed by atoms with Crippen LogP contribution in [-0.4, -0.2) is 30.6 Å². The van der Waals surface area contributed by atoms with Crippen molar-refractivity contribution in [2.45, 2.75) is 13.0 Å². The first kappa shape index (κ1) is 15.2. The van der Waals surface area contributed by atoms with Gasteiger partial charge in [-0.05, 0) is 23.6 Å². The van der Waals surface area contributed by atoms with Gasteiger partial charge in [0.15, 0.2) is 0 Å². The monoisotopic (exact) mass is 270 g/mol. The highest BCUT2D eigenvalue weighted by Gasteiger charge is 2.25. The van der Waals surface area contributed by atoms with E-state index in [1.807, 2.05) is 6.08 Å². The van der Waals surface area contributed by atoms with Crippen LogP contribution in [0.25, 0.3) is 6.08 Å². The molecule has 2 nitrogen and oxygen atoms in total. The van der Waals surface area contributed by atoms with Gasteiger partial charge in [-0.15, -0.1) is 12.4 Å². The van der Waals surface area contributed by atoms with Gasteiger partial charge in [-0.2, -0.15) is 0 Å². The number of rotatable bonds is 3. The second-order valence-corrected chi connectivity index (χ2v) is 4.81. The Morgan fingerprint density at radius 1 is 1.33 bits per heavy atom. The minimum absolute atomic E-state index is 0. The summed E-state index contributed by atoms with van der Waals surface area (Å²) in [4.78, 5) is 2.34. The van der Waals surface area contributed by atoms with Crippen molar-refractivity contribution in [1.82, 2.24) is 4.90 Å². The first-order valence-electron chi connectivity index (χ1n) is 6.05. The second kappa shape index (κ2) is 6.88. The summed E-state index contributed by atoms with van der Waals surface area (Å²) < 4.78 is 12.7. The quantitative estimate of drug-likeness (QED) is 0.915. The minimum Gasteiger partial charge on any atom is -0.326 e. The molecule has 1 aromatic rings. The van der Waals surface area contributed by atoms with Crippen LogP contribution in [0.1, 0.15) is 12.5 Å². The zero-order valence-corrected chi connectivity index (χ0v) is 11.4. The number of hydrogen-bond acceptors (Lipinski definition) is 2. The molecule has 2 rings (SSSR count). The molecule has 4 heteroatoms. The van der Waals surface area contributed by atoms with Crippen molar-refractivity contribution >= 4 is 18.5 Å². The first-order chi connectivity index (χ1) is 8.15. The van der Waals surface area contributed by atoms with E-state index in [2.05, 4.69) is 17.9 Å². The highest BCUT2D eigenvalue weighted by Crippen LogP contribution is 2.14. The number of halogens is 2. The molecule has 1 fully saturated rings. The van der Waals surface area contributed by atoms with Crippen molar-refractivity contribution in [3.05, 3.63) is 41.7 Å². The molecule has 0 aliphatic carbocycles. The maximum Gasteiger partial charge on any atom is 0.123 e. The van der Waals surface area contributed by atoms with E-state index in [1.54, 1.807) is 12.1 Å². The highest BCUT2D eigenvalue weighted by molar-refractivity contribution is 5.85. The molecule has 18 heavy (non-hydrogen) atoms. The SMILES string of the molecule is CC1CN(C/C=C/c2ccc(F)cc2)CC1N.Cl. The molecule has 0 bridgehead atoms. The maximum absolute atomic E-state index is 12.7. The number of likely N-dealkylation sites (tertiary alicyclic amines) is 1. The molecular formula is C14H20ClFN2. The highest BCUT2D eigenvalue weighted by atomic mass is 35.5. The molecule has 2 unspecified atom stereocenters. The van der Waals surface area contributed by atoms with Crippen LogP contribution >= 0.6 is 12.4 Å². The van der Waals surface area contributed by atoms with E-state index in [0.29, 0.717) is 12.0 Å². The van der Waals surface area contributed by atoms with Crippen LogP contribution in [0.15, 0.2) is 30.3 Å². The van der Waals surface area contributed by atoms with Gasteiger partial charge in [0.1, 0.15) is 5.82 Å². The van der Waals surface area contributed by atoms with E-state index < -0.39 is 0 Å². The van der Waals surface area contributed by atoms with Gasteiger partial charge in [0, 0.05) is 25.7 Å². The largest absolute Gasteiger partial charge is 0.326 e. The summed E-state index contributed by atoms with van der Waals surface area (Å²) >= 11 is 0. The molecule has 0 radical (unpaired) electrons. The van der Waals surface area contributed by atoms with Gasteiger partial charge in [-0.3, -0.25) is 4.90 Å². The fraction of sp³-hybridized carbons (Fsp3) is 0.429. The fourth-order valence-corrected chi connectivity index (χ4v) is 2.16. The predicted octanol–water partition coefficient (Wildman–Crippen LogP) is 2.54. The van der Waals surface area contributed by atoms with Crippen LogP contribution in [0.3, 0.4) is 0 Å². The van der Waals surface area contributed by atoms with E-state index in [-0.39, 0.29) is 18.2 Å². The molecule has 0 aromatic heterocycles. The Bertz CT molecular complexity index is 381. The smallest absolute Gasteiger partial charge is 0.123 e. The Hall–Kier alpha value is -0.900. The molecule has 1 aliphatic heterocycles. The Labute approximate surface area is 114 Å². The molecule has 0 saturated carbocycles. The third-order valence-electron chi connectivity index (χ3n) is 3.29. The lowest BCUT2D eigenvalue weighted by molar-refractivity contribution is 0.363. The lowest BCUT2D eigenvalue weighted by Gasteiger charge is -2.11. The zero-order valence-electron chi connectivity index (χ0n) is 10.6. The van der Waals surface area contributed by atoms with Crippen molar-refractivity contribution in [3.8, 4) is 0 Å². The molecule has 0 spiro atoms. The molecule has 1 aromatic carbocycles. The average molecular weight is 271 g/mol. The number of nitrogens with two attached hydrogens (primary N) is 1. The lowest BCUT2D eigenvalue weighted by atomic mass is 10.1. The van der Waals surface area contributed by atoms with Gasteiger partial charge in [0.05, 0.1) is 0 Å². The first-order valence-corrected chi connectivity index (χ1v) is 6.05. The van der Waals surface area contributed by atoms with Crippen molar-refractivity contribution in [2.75, 3.05) is 19.6 Å². The summed E-state index contributed by atoms with van der Waals surface area (Å²) in [5.74, 6) is 0.385. The zero-order chi connectivity index (χ0) is 12.3. The van der Waals surface area contributed by atoms with Gasteiger partial charge in [0.2, 0.25) is 0 Å². The number of nitrogens with zero attached hydrogens (tertiary/aromatic N) is 1. The fourth-order valence-electron chi connectivity index (χ4n) is 2.16. The molecule has 2 N–H and O–H groups in total. The summed E-state index contributed by atoms with van der Waals surface area (Å²) in [6.07, 6.45) is 4.13. The van der Waals surface area contributed by atoms with Crippen LogP contribution < -0.4 is 5.73 Å². The normalized spacial score (nSPS) is 24.4. The lowest BCUT2D eigenvalue weighted by Crippen LogP contribution is -2.28. The predicted molar refractivity (Wildman–Crippen MR) is 76.3 cm³/mol. The van der Waals surface area contributed by atoms with Gasteiger partial charge < -0.3 is 5.73 Å². The average Bonchev–Trinajstić information content (AvgIpc) is 2.61. The van der Waals surface area contributed by atoms with Crippen LogP contribution in [0.5, 0.6) is 0 Å². The van der Waals surface area contributed by atoms with Gasteiger partial charge in [0.25, 0.3) is 0 Å². The molecule has 100 valence electrons. The van der Waals surface area contributed by atoms with Crippen molar-refractivity contribution in [2.24, 2.45) is 11.7 Å². The minimum atomic E-state index is -0.193. The van der Waals surface area contributed by atoms with Crippen molar-refractivity contribution in [3.63, 3.8) is 0 Å². The molecule has 1 saturated heterocycles. The summed E-state index contributed by atoms with van der Waals surface area (Å²) in [5.41, 5.74) is 6.99. The van der Waals surface area contributed by atoms with Crippen LogP contribution in [-0.2, 0) is 0 Å². The third kappa shape index (κ3) is 4.09. The van der Waals surface area contributed by atoms with E-state index in [9.17, 15) is 4.39 Å². The molecule has 1 aliphatic rings. The van der Waals surface area contributed by atoms with Crippen LogP contribution in [0, 0.1) is 11.7 Å². The van der Waals surface area contributed by atoms with E-state index >= 15 is 0 Å².